The van der Waals surface area contributed by atoms with Crippen LogP contribution in [0.5, 0.6) is 0 Å². The van der Waals surface area contributed by atoms with Gasteiger partial charge in [-0.2, -0.15) is 13.5 Å². The largest absolute Gasteiger partial charge is 0.480 e. The molecule has 0 saturated carbocycles. The number of hydrogen-bond donors (Lipinski definition) is 4. The minimum absolute atomic E-state index is 0. The van der Waals surface area contributed by atoms with Crippen molar-refractivity contribution in [3.05, 3.63) is 192 Å². The molecule has 3 amide bonds. The standard InChI is InChI=1S/C34H32FN5O3.C20H15N3O3.C14H19FN2O.ClH.S2.H2S/c1-21-4-2-6-26(38-21)18-32(41)31-12-10-25(35)13-15-40(31)33(42)20-39-19-28(34(36)43)27-16-23(9-11-30(27)39)24-8-7-22-5-3-14-37-29(22)17-24;21-20(26)16-10-23(11-19(24)25)18-6-5-13(8-15(16)18)14-4-3-12-2-1-7-22-17(12)9-14;1-10-3-2-4-12(17-10)9-14(18)13-6-5-11(15)7-8-16-13;;1-2;/h2-9,11,14,16-17,19,25,31H,10,12-13,15,18,20H2,1H3,(H2,36,43);1-10H,11H2,(H2,21,26)(H,24,25);2-4,11,13,16H,5-9H2,1H3;1H;;1H2/t25?,31-;;11?,13-;;;/m0.0.../s1. The SMILES string of the molecule is Cc1cccc(CC(=O)[C@@H]2CCC(F)CCN2)n1.Cc1cccc(CC(=O)[C@@H]2CCC(F)CCN2C(=O)Cn2cc(C(N)=O)c3cc(-c4ccc5cccnc5c4)ccc32)n1.Cl.NC(=O)c1cn(CC(=O)O)c2ccc(-c3ccc4cccnc4c3)cc12.S.S=S. The summed E-state index contributed by atoms with van der Waals surface area (Å²) in [5, 5.41) is 15.5. The minimum Gasteiger partial charge on any atom is -0.480 e. The number of nitrogens with one attached hydrogen (secondary N) is 1. The van der Waals surface area contributed by atoms with E-state index < -0.39 is 36.2 Å². The number of carbonyl (C=O) groups excluding carboxylic acids is 5. The molecule has 0 bridgehead atoms. The van der Waals surface area contributed by atoms with Gasteiger partial charge in [0.25, 0.3) is 11.8 Å². The van der Waals surface area contributed by atoms with Gasteiger partial charge in [0, 0.05) is 109 Å². The molecule has 0 radical (unpaired) electrons. The molecule has 12 rings (SSSR count). The molecule has 8 heterocycles. The maximum Gasteiger partial charge on any atom is 0.323 e. The molecule has 4 atom stereocenters. The normalized spacial score (nSPS) is 16.2. The first kappa shape index (κ1) is 69.7. The molecule has 472 valence electrons. The van der Waals surface area contributed by atoms with E-state index in [1.165, 1.54) is 15.7 Å². The van der Waals surface area contributed by atoms with Crippen LogP contribution in [-0.4, -0.2) is 112 Å². The van der Waals surface area contributed by atoms with Crippen molar-refractivity contribution in [2.75, 3.05) is 13.1 Å². The highest BCUT2D eigenvalue weighted by atomic mass is 35.5. The average Bonchev–Trinajstić information content (AvgIpc) is 1.68. The van der Waals surface area contributed by atoms with Crippen molar-refractivity contribution in [1.82, 2.24) is 39.3 Å². The Morgan fingerprint density at radius 3 is 1.56 bits per heavy atom. The van der Waals surface area contributed by atoms with E-state index in [9.17, 15) is 37.5 Å². The summed E-state index contributed by atoms with van der Waals surface area (Å²) in [4.78, 5) is 93.7. The minimum atomic E-state index is -1.08. The highest BCUT2D eigenvalue weighted by Gasteiger charge is 2.34. The van der Waals surface area contributed by atoms with Crippen LogP contribution in [0.4, 0.5) is 8.78 Å². The summed E-state index contributed by atoms with van der Waals surface area (Å²) in [7, 11) is 0. The number of Topliss-reactive ketones (excluding diaryl/α,β-unsaturated/α-hetero) is 2. The molecule has 10 aromatic rings. The van der Waals surface area contributed by atoms with Crippen LogP contribution < -0.4 is 16.8 Å². The Balaban J connectivity index is 0.000000208. The Hall–Kier alpha value is -8.80. The molecule has 6 N–H and O–H groups in total. The molecule has 91 heavy (non-hydrogen) atoms. The quantitative estimate of drug-likeness (QED) is 0.0791. The van der Waals surface area contributed by atoms with Crippen LogP contribution in [0.1, 0.15) is 82.0 Å². The highest BCUT2D eigenvalue weighted by Crippen LogP contribution is 2.32. The number of nitrogens with two attached hydrogens (primary N) is 2. The molecule has 2 fully saturated rings. The first-order chi connectivity index (χ1) is 42.9. The number of aliphatic carboxylic acids is 1. The lowest BCUT2D eigenvalue weighted by Crippen LogP contribution is -2.46. The molecule has 0 aliphatic carbocycles. The summed E-state index contributed by atoms with van der Waals surface area (Å²) in [5.41, 5.74) is 21.7. The molecule has 0 spiro atoms. The fraction of sp³-hybridized carbons (Fsp3) is 0.265. The maximum atomic E-state index is 14.5. The van der Waals surface area contributed by atoms with Crippen LogP contribution in [-0.2, 0) is 67.5 Å². The number of amides is 3. The van der Waals surface area contributed by atoms with Crippen molar-refractivity contribution in [3.63, 3.8) is 0 Å². The van der Waals surface area contributed by atoms with Gasteiger partial charge < -0.3 is 35.9 Å². The number of ketones is 2. The van der Waals surface area contributed by atoms with E-state index in [0.29, 0.717) is 70.9 Å². The Morgan fingerprint density at radius 1 is 0.582 bits per heavy atom. The Kier molecular flexibility index (Phi) is 24.7. The zero-order valence-corrected chi connectivity index (χ0v) is 53.4. The van der Waals surface area contributed by atoms with Gasteiger partial charge in [-0.3, -0.25) is 48.7 Å². The number of pyridine rings is 4. The van der Waals surface area contributed by atoms with E-state index in [-0.39, 0.29) is 94.7 Å². The average molecular weight is 1310 g/mol. The molecule has 2 aliphatic rings. The van der Waals surface area contributed by atoms with Crippen LogP contribution >= 0.6 is 25.9 Å². The summed E-state index contributed by atoms with van der Waals surface area (Å²) >= 11 is 7.33. The summed E-state index contributed by atoms with van der Waals surface area (Å²) in [6, 6.07) is 41.1. The molecule has 4 aromatic carbocycles. The van der Waals surface area contributed by atoms with Crippen molar-refractivity contribution in [3.8, 4) is 22.3 Å². The van der Waals surface area contributed by atoms with Gasteiger partial charge in [-0.15, -0.1) is 12.4 Å². The number of rotatable bonds is 14. The molecular formula is C68H69ClF2N10O7S3. The van der Waals surface area contributed by atoms with E-state index in [1.54, 1.807) is 29.2 Å². The number of hydrogen-bond acceptors (Lipinski definition) is 13. The van der Waals surface area contributed by atoms with E-state index in [0.717, 1.165) is 61.1 Å². The Bertz CT molecular complexity index is 4290. The number of carbonyl (C=O) groups is 6. The number of aromatic nitrogens is 6. The summed E-state index contributed by atoms with van der Waals surface area (Å²) in [6.07, 6.45) is 7.31. The fourth-order valence-electron chi connectivity index (χ4n) is 11.5. The number of fused-ring (bicyclic) bond motifs is 4. The number of likely N-dealkylation sites (tertiary alicyclic amines) is 1. The zero-order chi connectivity index (χ0) is 63.3. The number of primary amides is 2. The van der Waals surface area contributed by atoms with Gasteiger partial charge in [0.1, 0.15) is 25.4 Å². The molecular weight excluding hydrogens is 1240 g/mol. The lowest BCUT2D eigenvalue weighted by molar-refractivity contribution is -0.139. The van der Waals surface area contributed by atoms with Crippen LogP contribution in [0.3, 0.4) is 0 Å². The topological polar surface area (TPSA) is 251 Å². The third-order valence-corrected chi connectivity index (χ3v) is 15.9. The number of carboxylic acid groups (broad SMARTS) is 1. The van der Waals surface area contributed by atoms with Gasteiger partial charge in [-0.1, -0.05) is 60.7 Å². The van der Waals surface area contributed by atoms with Gasteiger partial charge in [0.05, 0.1) is 47.1 Å². The highest BCUT2D eigenvalue weighted by molar-refractivity contribution is 8.07. The first-order valence-electron chi connectivity index (χ1n) is 29.1. The second-order valence-electron chi connectivity index (χ2n) is 22.1. The lowest BCUT2D eigenvalue weighted by atomic mass is 10.0. The third kappa shape index (κ3) is 17.6. The van der Waals surface area contributed by atoms with Gasteiger partial charge >= 0.3 is 5.97 Å². The molecule has 6 aromatic heterocycles. The fourth-order valence-corrected chi connectivity index (χ4v) is 11.5. The Labute approximate surface area is 547 Å². The molecule has 2 saturated heterocycles. The number of halogens is 3. The van der Waals surface area contributed by atoms with Crippen molar-refractivity contribution in [2.45, 2.75) is 103 Å². The van der Waals surface area contributed by atoms with Crippen molar-refractivity contribution >= 4 is 127 Å². The summed E-state index contributed by atoms with van der Waals surface area (Å²) in [6.45, 7) is 4.13. The second kappa shape index (κ2) is 32.3. The number of carboxylic acids is 1. The first-order valence-corrected chi connectivity index (χ1v) is 30.4. The zero-order valence-electron chi connectivity index (χ0n) is 50.0. The van der Waals surface area contributed by atoms with Crippen molar-refractivity contribution < 1.29 is 42.7 Å². The van der Waals surface area contributed by atoms with Crippen LogP contribution in [0.15, 0.2) is 158 Å². The molecule has 17 nitrogen and oxygen atoms in total. The van der Waals surface area contributed by atoms with Crippen LogP contribution in [0, 0.1) is 13.8 Å². The predicted molar refractivity (Wildman–Crippen MR) is 363 cm³/mol. The van der Waals surface area contributed by atoms with Gasteiger partial charge in [-0.25, -0.2) is 8.78 Å². The van der Waals surface area contributed by atoms with E-state index in [2.05, 4.69) is 47.6 Å². The van der Waals surface area contributed by atoms with Gasteiger partial charge in [0.15, 0.2) is 11.6 Å². The van der Waals surface area contributed by atoms with Gasteiger partial charge in [0.2, 0.25) is 5.91 Å². The smallest absolute Gasteiger partial charge is 0.323 e. The van der Waals surface area contributed by atoms with E-state index in [1.807, 2.05) is 141 Å². The maximum absolute atomic E-state index is 14.5. The second-order valence-corrected chi connectivity index (χ2v) is 22.1. The number of alkyl halides is 2. The number of aryl methyl sites for hydroxylation is 2. The summed E-state index contributed by atoms with van der Waals surface area (Å²) < 4.78 is 30.9. The Morgan fingerprint density at radius 2 is 1.05 bits per heavy atom. The van der Waals surface area contributed by atoms with Crippen LogP contribution in [0.2, 0.25) is 0 Å². The molecule has 2 unspecified atom stereocenters. The number of benzene rings is 4. The van der Waals surface area contributed by atoms with Crippen molar-refractivity contribution in [2.24, 2.45) is 11.5 Å². The monoisotopic (exact) mass is 1310 g/mol. The number of nitrogens with zero attached hydrogens (tertiary/aromatic N) is 7. The van der Waals surface area contributed by atoms with E-state index >= 15 is 0 Å². The van der Waals surface area contributed by atoms with Gasteiger partial charge in [-0.05, 0) is 154 Å². The summed E-state index contributed by atoms with van der Waals surface area (Å²) in [5.74, 6) is -2.55. The molecule has 2 aliphatic heterocycles. The predicted octanol–water partition coefficient (Wildman–Crippen LogP) is 10.7. The third-order valence-electron chi connectivity index (χ3n) is 15.9. The van der Waals surface area contributed by atoms with Crippen LogP contribution in [0.25, 0.3) is 65.9 Å². The lowest BCUT2D eigenvalue weighted by Gasteiger charge is -2.29. The van der Waals surface area contributed by atoms with Crippen molar-refractivity contribution in [1.29, 1.82) is 0 Å². The van der Waals surface area contributed by atoms with E-state index in [4.69, 9.17) is 16.6 Å². The molecule has 23 heteroatoms.